The van der Waals surface area contributed by atoms with E-state index in [1.54, 1.807) is 16.9 Å². The van der Waals surface area contributed by atoms with E-state index in [1.165, 1.54) is 0 Å². The van der Waals surface area contributed by atoms with Crippen molar-refractivity contribution in [1.29, 1.82) is 0 Å². The summed E-state index contributed by atoms with van der Waals surface area (Å²) in [7, 11) is 1.67. The van der Waals surface area contributed by atoms with Crippen molar-refractivity contribution in [2.24, 2.45) is 0 Å². The molecule has 0 saturated carbocycles. The van der Waals surface area contributed by atoms with Crippen molar-refractivity contribution in [3.63, 3.8) is 0 Å². The molecule has 0 aromatic rings. The van der Waals surface area contributed by atoms with Crippen LogP contribution >= 0.6 is 0 Å². The fourth-order valence-electron chi connectivity index (χ4n) is 2.75. The number of fused-ring (bicyclic) bond motifs is 1. The Morgan fingerprint density at radius 2 is 2.21 bits per heavy atom. The number of ether oxygens (including phenoxy) is 1. The molecule has 2 aliphatic heterocycles. The van der Waals surface area contributed by atoms with Crippen LogP contribution in [0.25, 0.3) is 0 Å². The number of hydrogen-bond acceptors (Lipinski definition) is 4. The third-order valence-corrected chi connectivity index (χ3v) is 3.76. The first-order chi connectivity index (χ1) is 9.24. The van der Waals surface area contributed by atoms with Gasteiger partial charge in [0.05, 0.1) is 13.2 Å². The summed E-state index contributed by atoms with van der Waals surface area (Å²) in [6, 6.07) is -0.178. The minimum atomic E-state index is -0.178. The van der Waals surface area contributed by atoms with E-state index in [-0.39, 0.29) is 24.4 Å². The summed E-state index contributed by atoms with van der Waals surface area (Å²) in [6.45, 7) is 4.03. The lowest BCUT2D eigenvalue weighted by atomic mass is 10.1. The molecule has 0 aromatic carbocycles. The van der Waals surface area contributed by atoms with Gasteiger partial charge < -0.3 is 19.9 Å². The van der Waals surface area contributed by atoms with Gasteiger partial charge >= 0.3 is 0 Å². The number of carbonyl (C=O) groups is 2. The Morgan fingerprint density at radius 1 is 1.37 bits per heavy atom. The molecular formula is C13H23N3O3. The number of nitrogens with one attached hydrogen (secondary N) is 1. The highest BCUT2D eigenvalue weighted by Crippen LogP contribution is 2.23. The van der Waals surface area contributed by atoms with Crippen molar-refractivity contribution in [2.45, 2.75) is 25.3 Å². The van der Waals surface area contributed by atoms with Gasteiger partial charge in [-0.1, -0.05) is 0 Å². The van der Waals surface area contributed by atoms with Crippen LogP contribution in [0.2, 0.25) is 0 Å². The third kappa shape index (κ3) is 3.45. The van der Waals surface area contributed by atoms with E-state index in [4.69, 9.17) is 4.74 Å². The fraction of sp³-hybridized carbons (Fsp3) is 0.846. The van der Waals surface area contributed by atoms with Crippen LogP contribution in [0.5, 0.6) is 0 Å². The largest absolute Gasteiger partial charge is 0.383 e. The number of hydrogen-bond donors (Lipinski definition) is 1. The van der Waals surface area contributed by atoms with E-state index < -0.39 is 0 Å². The molecule has 0 radical (unpaired) electrons. The standard InChI is InChI=1S/C13H23N3O3/c1-19-9-6-14-5-3-7-15-10-12(17)16-8-2-4-11(16)13(15)18/h11,14H,2-10H2,1H3. The number of carbonyl (C=O) groups excluding carboxylic acids is 2. The number of nitrogens with zero attached hydrogens (tertiary/aromatic N) is 2. The summed E-state index contributed by atoms with van der Waals surface area (Å²) in [5, 5.41) is 3.24. The smallest absolute Gasteiger partial charge is 0.245 e. The summed E-state index contributed by atoms with van der Waals surface area (Å²) in [4.78, 5) is 27.6. The van der Waals surface area contributed by atoms with Gasteiger partial charge in [0.2, 0.25) is 11.8 Å². The summed E-state index contributed by atoms with van der Waals surface area (Å²) >= 11 is 0. The molecule has 6 heteroatoms. The molecule has 2 saturated heterocycles. The molecule has 6 nitrogen and oxygen atoms in total. The Morgan fingerprint density at radius 3 is 3.00 bits per heavy atom. The number of methoxy groups -OCH3 is 1. The van der Waals surface area contributed by atoms with E-state index in [0.29, 0.717) is 13.2 Å². The van der Waals surface area contributed by atoms with Crippen LogP contribution in [0, 0.1) is 0 Å². The molecule has 2 aliphatic rings. The van der Waals surface area contributed by atoms with Gasteiger partial charge in [-0.3, -0.25) is 9.59 Å². The van der Waals surface area contributed by atoms with E-state index >= 15 is 0 Å². The van der Waals surface area contributed by atoms with Crippen LogP contribution < -0.4 is 5.32 Å². The molecule has 19 heavy (non-hydrogen) atoms. The summed E-state index contributed by atoms with van der Waals surface area (Å²) in [5.74, 6) is 0.239. The topological polar surface area (TPSA) is 61.9 Å². The minimum Gasteiger partial charge on any atom is -0.383 e. The molecule has 0 spiro atoms. The molecule has 2 rings (SSSR count). The zero-order valence-corrected chi connectivity index (χ0v) is 11.6. The first kappa shape index (κ1) is 14.3. The Bertz CT molecular complexity index is 335. The molecule has 1 unspecified atom stereocenters. The van der Waals surface area contributed by atoms with Crippen LogP contribution in [0.15, 0.2) is 0 Å². The quantitative estimate of drug-likeness (QED) is 0.630. The minimum absolute atomic E-state index is 0.106. The van der Waals surface area contributed by atoms with Crippen LogP contribution in [0.1, 0.15) is 19.3 Å². The summed E-state index contributed by atoms with van der Waals surface area (Å²) < 4.78 is 4.94. The Kier molecular flexibility index (Phi) is 5.15. The molecule has 0 bridgehead atoms. The number of amides is 2. The maximum absolute atomic E-state index is 12.2. The predicted octanol–water partition coefficient (Wildman–Crippen LogP) is -0.554. The maximum atomic E-state index is 12.2. The lowest BCUT2D eigenvalue weighted by Gasteiger charge is -2.36. The van der Waals surface area contributed by atoms with Crippen molar-refractivity contribution >= 4 is 11.8 Å². The Hall–Kier alpha value is -1.14. The second-order valence-electron chi connectivity index (χ2n) is 5.10. The number of piperazine rings is 1. The van der Waals surface area contributed by atoms with Gasteiger partial charge in [-0.2, -0.15) is 0 Å². The van der Waals surface area contributed by atoms with E-state index in [9.17, 15) is 9.59 Å². The molecule has 2 fully saturated rings. The predicted molar refractivity (Wildman–Crippen MR) is 70.7 cm³/mol. The molecule has 0 aliphatic carbocycles. The van der Waals surface area contributed by atoms with Crippen LogP contribution in [0.4, 0.5) is 0 Å². The Labute approximate surface area is 114 Å². The van der Waals surface area contributed by atoms with Gasteiger partial charge in [-0.25, -0.2) is 0 Å². The first-order valence-electron chi connectivity index (χ1n) is 7.02. The van der Waals surface area contributed by atoms with Gasteiger partial charge in [0.15, 0.2) is 0 Å². The van der Waals surface area contributed by atoms with E-state index in [2.05, 4.69) is 5.32 Å². The zero-order valence-electron chi connectivity index (χ0n) is 11.6. The molecule has 0 aromatic heterocycles. The average molecular weight is 269 g/mol. The summed E-state index contributed by atoms with van der Waals surface area (Å²) in [5.41, 5.74) is 0. The van der Waals surface area contributed by atoms with Crippen molar-refractivity contribution in [1.82, 2.24) is 15.1 Å². The molecule has 2 amide bonds. The lowest BCUT2D eigenvalue weighted by Crippen LogP contribution is -2.57. The van der Waals surface area contributed by atoms with Crippen molar-refractivity contribution in [2.75, 3.05) is 46.4 Å². The summed E-state index contributed by atoms with van der Waals surface area (Å²) in [6.07, 6.45) is 2.65. The zero-order chi connectivity index (χ0) is 13.7. The number of rotatable bonds is 7. The highest BCUT2D eigenvalue weighted by atomic mass is 16.5. The first-order valence-corrected chi connectivity index (χ1v) is 7.02. The second kappa shape index (κ2) is 6.86. The van der Waals surface area contributed by atoms with E-state index in [1.807, 2.05) is 0 Å². The lowest BCUT2D eigenvalue weighted by molar-refractivity contribution is -0.153. The van der Waals surface area contributed by atoms with Crippen LogP contribution in [0.3, 0.4) is 0 Å². The highest BCUT2D eigenvalue weighted by molar-refractivity contribution is 5.95. The third-order valence-electron chi connectivity index (χ3n) is 3.76. The molecular weight excluding hydrogens is 246 g/mol. The van der Waals surface area contributed by atoms with Gasteiger partial charge in [-0.15, -0.1) is 0 Å². The van der Waals surface area contributed by atoms with E-state index in [0.717, 1.165) is 38.9 Å². The maximum Gasteiger partial charge on any atom is 0.245 e. The highest BCUT2D eigenvalue weighted by Gasteiger charge is 2.41. The fourth-order valence-corrected chi connectivity index (χ4v) is 2.75. The van der Waals surface area contributed by atoms with Gasteiger partial charge in [0, 0.05) is 26.7 Å². The van der Waals surface area contributed by atoms with Gasteiger partial charge in [0.1, 0.15) is 6.04 Å². The SMILES string of the molecule is COCCNCCCN1CC(=O)N2CCCC2C1=O. The second-order valence-corrected chi connectivity index (χ2v) is 5.10. The monoisotopic (exact) mass is 269 g/mol. The van der Waals surface area contributed by atoms with Crippen molar-refractivity contribution < 1.29 is 14.3 Å². The average Bonchev–Trinajstić information content (AvgIpc) is 2.89. The molecule has 2 heterocycles. The molecule has 1 atom stereocenters. The molecule has 1 N–H and O–H groups in total. The van der Waals surface area contributed by atoms with Gasteiger partial charge in [0.25, 0.3) is 0 Å². The van der Waals surface area contributed by atoms with Gasteiger partial charge in [-0.05, 0) is 25.8 Å². The van der Waals surface area contributed by atoms with Crippen LogP contribution in [-0.4, -0.2) is 74.1 Å². The van der Waals surface area contributed by atoms with Crippen molar-refractivity contribution in [3.8, 4) is 0 Å². The van der Waals surface area contributed by atoms with Crippen LogP contribution in [-0.2, 0) is 14.3 Å². The van der Waals surface area contributed by atoms with Crippen molar-refractivity contribution in [3.05, 3.63) is 0 Å². The molecule has 108 valence electrons. The normalized spacial score (nSPS) is 23.1. The Balaban J connectivity index is 1.71.